The molecule has 0 N–H and O–H groups in total. The first-order valence-corrected chi connectivity index (χ1v) is 6.57. The summed E-state index contributed by atoms with van der Waals surface area (Å²) in [6, 6.07) is 22.4. The van der Waals surface area contributed by atoms with Crippen molar-refractivity contribution < 1.29 is 0 Å². The van der Waals surface area contributed by atoms with Crippen LogP contribution in [0.2, 0.25) is 0 Å². The van der Waals surface area contributed by atoms with Gasteiger partial charge in [-0.05, 0) is 30.3 Å². The van der Waals surface area contributed by atoms with Gasteiger partial charge in [0.05, 0.1) is 5.69 Å². The lowest BCUT2D eigenvalue weighted by Crippen LogP contribution is -1.93. The molecule has 88 valence electrons. The molecule has 1 heterocycles. The van der Waals surface area contributed by atoms with Crippen LogP contribution >= 0.6 is 11.8 Å². The van der Waals surface area contributed by atoms with E-state index in [1.54, 1.807) is 11.8 Å². The van der Waals surface area contributed by atoms with Crippen LogP contribution in [-0.2, 0) is 0 Å². The zero-order chi connectivity index (χ0) is 12.2. The Kier molecular flexibility index (Phi) is 3.15. The van der Waals surface area contributed by atoms with Crippen molar-refractivity contribution in [3.63, 3.8) is 0 Å². The molecule has 0 saturated carbocycles. The lowest BCUT2D eigenvalue weighted by molar-refractivity contribution is 0.837. The minimum Gasteiger partial charge on any atom is -0.240 e. The second kappa shape index (κ2) is 5.10. The molecule has 0 aliphatic heterocycles. The fourth-order valence-electron chi connectivity index (χ4n) is 1.70. The summed E-state index contributed by atoms with van der Waals surface area (Å²) in [6.45, 7) is 0. The van der Waals surface area contributed by atoms with Gasteiger partial charge in [0.15, 0.2) is 0 Å². The summed E-state index contributed by atoms with van der Waals surface area (Å²) in [5, 5.41) is 5.56. The molecule has 0 radical (unpaired) electrons. The largest absolute Gasteiger partial charge is 0.240 e. The molecule has 0 aliphatic carbocycles. The van der Waals surface area contributed by atoms with Gasteiger partial charge in [0.25, 0.3) is 0 Å². The van der Waals surface area contributed by atoms with Crippen molar-refractivity contribution in [2.45, 2.75) is 9.92 Å². The predicted octanol–water partition coefficient (Wildman–Crippen LogP) is 4.02. The van der Waals surface area contributed by atoms with Crippen LogP contribution < -0.4 is 0 Å². The van der Waals surface area contributed by atoms with Gasteiger partial charge in [-0.3, -0.25) is 0 Å². The molecular weight excluding hydrogens is 240 g/mol. The molecule has 0 spiro atoms. The fraction of sp³-hybridized carbons (Fsp3) is 0. The lowest BCUT2D eigenvalue weighted by Gasteiger charge is -2.00. The van der Waals surface area contributed by atoms with Crippen LogP contribution in [0.15, 0.2) is 82.8 Å². The number of para-hydroxylation sites is 1. The number of benzene rings is 2. The van der Waals surface area contributed by atoms with Crippen molar-refractivity contribution in [3.05, 3.63) is 72.9 Å². The van der Waals surface area contributed by atoms with E-state index in [1.165, 1.54) is 4.90 Å². The molecule has 0 aliphatic rings. The highest BCUT2D eigenvalue weighted by Gasteiger charge is 2.02. The van der Waals surface area contributed by atoms with E-state index in [2.05, 4.69) is 17.2 Å². The van der Waals surface area contributed by atoms with Crippen LogP contribution in [0.1, 0.15) is 0 Å². The van der Waals surface area contributed by atoms with E-state index in [0.717, 1.165) is 10.7 Å². The summed E-state index contributed by atoms with van der Waals surface area (Å²) in [5.41, 5.74) is 1.08. The van der Waals surface area contributed by atoms with Gasteiger partial charge in [0, 0.05) is 11.1 Å². The third-order valence-electron chi connectivity index (χ3n) is 2.55. The molecule has 0 amide bonds. The summed E-state index contributed by atoms with van der Waals surface area (Å²) in [4.78, 5) is 1.20. The number of aromatic nitrogens is 2. The monoisotopic (exact) mass is 252 g/mol. The van der Waals surface area contributed by atoms with Crippen molar-refractivity contribution in [1.82, 2.24) is 9.78 Å². The van der Waals surface area contributed by atoms with Gasteiger partial charge in [0.1, 0.15) is 5.03 Å². The Hall–Kier alpha value is -2.00. The third-order valence-corrected chi connectivity index (χ3v) is 3.49. The van der Waals surface area contributed by atoms with E-state index in [1.807, 2.05) is 65.5 Å². The minimum atomic E-state index is 1.00. The Labute approximate surface area is 110 Å². The molecule has 0 bridgehead atoms. The Morgan fingerprint density at radius 1 is 0.778 bits per heavy atom. The Bertz CT molecular complexity index is 617. The van der Waals surface area contributed by atoms with Gasteiger partial charge in [-0.15, -0.1) is 0 Å². The summed E-state index contributed by atoms with van der Waals surface area (Å²) >= 11 is 1.67. The van der Waals surface area contributed by atoms with Gasteiger partial charge < -0.3 is 0 Å². The zero-order valence-electron chi connectivity index (χ0n) is 9.73. The van der Waals surface area contributed by atoms with E-state index in [4.69, 9.17) is 0 Å². The summed E-state index contributed by atoms with van der Waals surface area (Å²) in [5.74, 6) is 0. The maximum Gasteiger partial charge on any atom is 0.123 e. The molecule has 2 aromatic carbocycles. The highest BCUT2D eigenvalue weighted by molar-refractivity contribution is 7.99. The summed E-state index contributed by atoms with van der Waals surface area (Å²) in [7, 11) is 0. The molecule has 0 unspecified atom stereocenters. The smallest absolute Gasteiger partial charge is 0.123 e. The maximum atomic E-state index is 4.56. The van der Waals surface area contributed by atoms with Crippen LogP contribution in [0.5, 0.6) is 0 Å². The van der Waals surface area contributed by atoms with E-state index in [-0.39, 0.29) is 0 Å². The Morgan fingerprint density at radius 2 is 1.44 bits per heavy atom. The van der Waals surface area contributed by atoms with Crippen molar-refractivity contribution >= 4 is 11.8 Å². The molecule has 18 heavy (non-hydrogen) atoms. The second-order valence-corrected chi connectivity index (χ2v) is 4.94. The fourth-order valence-corrected chi connectivity index (χ4v) is 2.49. The highest BCUT2D eigenvalue weighted by Crippen LogP contribution is 2.25. The average molecular weight is 252 g/mol. The van der Waals surface area contributed by atoms with Gasteiger partial charge in [-0.1, -0.05) is 48.2 Å². The first-order valence-electron chi connectivity index (χ1n) is 5.76. The van der Waals surface area contributed by atoms with Gasteiger partial charge in [-0.25, -0.2) is 4.68 Å². The predicted molar refractivity (Wildman–Crippen MR) is 74.1 cm³/mol. The van der Waals surface area contributed by atoms with Crippen LogP contribution in [0.25, 0.3) is 5.69 Å². The Morgan fingerprint density at radius 3 is 2.17 bits per heavy atom. The molecule has 2 nitrogen and oxygen atoms in total. The van der Waals surface area contributed by atoms with E-state index < -0.39 is 0 Å². The average Bonchev–Trinajstić information content (AvgIpc) is 2.89. The number of hydrogen-bond acceptors (Lipinski definition) is 2. The maximum absolute atomic E-state index is 4.56. The van der Waals surface area contributed by atoms with Crippen molar-refractivity contribution in [1.29, 1.82) is 0 Å². The molecule has 3 heteroatoms. The molecule has 1 aromatic heterocycles. The van der Waals surface area contributed by atoms with Gasteiger partial charge >= 0.3 is 0 Å². The number of hydrogen-bond donors (Lipinski definition) is 0. The van der Waals surface area contributed by atoms with Crippen molar-refractivity contribution in [3.8, 4) is 5.69 Å². The molecule has 3 aromatic rings. The van der Waals surface area contributed by atoms with Crippen LogP contribution in [-0.4, -0.2) is 9.78 Å². The molecule has 0 saturated heterocycles. The molecule has 0 atom stereocenters. The number of nitrogens with zero attached hydrogens (tertiary/aromatic N) is 2. The van der Waals surface area contributed by atoms with Gasteiger partial charge in [0.2, 0.25) is 0 Å². The zero-order valence-corrected chi connectivity index (χ0v) is 10.5. The minimum absolute atomic E-state index is 1.00. The first-order chi connectivity index (χ1) is 8.92. The lowest BCUT2D eigenvalue weighted by atomic mass is 10.3. The second-order valence-electron chi connectivity index (χ2n) is 3.85. The molecular formula is C15H12N2S. The molecule has 0 fully saturated rings. The van der Waals surface area contributed by atoms with Crippen LogP contribution in [0.3, 0.4) is 0 Å². The quantitative estimate of drug-likeness (QED) is 0.700. The normalized spacial score (nSPS) is 10.4. The molecule has 3 rings (SSSR count). The third kappa shape index (κ3) is 2.46. The highest BCUT2D eigenvalue weighted by atomic mass is 32.2. The summed E-state index contributed by atoms with van der Waals surface area (Å²) in [6.07, 6.45) is 1.99. The Balaban J connectivity index is 1.82. The van der Waals surface area contributed by atoms with E-state index >= 15 is 0 Å². The van der Waals surface area contributed by atoms with Crippen molar-refractivity contribution in [2.75, 3.05) is 0 Å². The standard InChI is InChI=1S/C15H12N2S/c1-3-7-13(8-4-1)17-12-11-15(16-17)18-14-9-5-2-6-10-14/h1-12H. The van der Waals surface area contributed by atoms with E-state index in [9.17, 15) is 0 Å². The topological polar surface area (TPSA) is 17.8 Å². The van der Waals surface area contributed by atoms with Crippen LogP contribution in [0, 0.1) is 0 Å². The SMILES string of the molecule is c1ccc(Sc2ccn(-c3ccccc3)n2)cc1. The van der Waals surface area contributed by atoms with Crippen LogP contribution in [0.4, 0.5) is 0 Å². The number of rotatable bonds is 3. The first kappa shape index (κ1) is 11.1. The van der Waals surface area contributed by atoms with E-state index in [0.29, 0.717) is 0 Å². The summed E-state index contributed by atoms with van der Waals surface area (Å²) < 4.78 is 1.89. The van der Waals surface area contributed by atoms with Gasteiger partial charge in [-0.2, -0.15) is 5.10 Å². The van der Waals surface area contributed by atoms with Crippen molar-refractivity contribution in [2.24, 2.45) is 0 Å².